The lowest BCUT2D eigenvalue weighted by molar-refractivity contribution is 0.0182. The molecule has 1 aromatic rings. The highest BCUT2D eigenvalue weighted by Crippen LogP contribution is 2.02. The van der Waals surface area contributed by atoms with Crippen molar-refractivity contribution >= 4 is 0 Å². The van der Waals surface area contributed by atoms with Gasteiger partial charge in [0.1, 0.15) is 12.4 Å². The van der Waals surface area contributed by atoms with Crippen LogP contribution in [0.2, 0.25) is 0 Å². The monoisotopic (exact) mass is 273 g/mol. The zero-order valence-electron chi connectivity index (χ0n) is 11.5. The Bertz CT molecular complexity index is 375. The summed E-state index contributed by atoms with van der Waals surface area (Å²) in [5, 5.41) is 3.27. The van der Waals surface area contributed by atoms with Gasteiger partial charge >= 0.3 is 0 Å². The molecule has 0 fully saturated rings. The van der Waals surface area contributed by atoms with E-state index < -0.39 is 13.0 Å². The third-order valence-corrected chi connectivity index (χ3v) is 2.40. The normalized spacial score (nSPS) is 11.2. The smallest absolute Gasteiger partial charge is 0.261 e. The molecule has 4 nitrogen and oxygen atoms in total. The Morgan fingerprint density at radius 2 is 2.16 bits per heavy atom. The van der Waals surface area contributed by atoms with E-state index in [0.717, 1.165) is 24.4 Å². The maximum Gasteiger partial charge on any atom is 0.261 e. The molecule has 0 saturated heterocycles. The summed E-state index contributed by atoms with van der Waals surface area (Å²) in [5.74, 6) is 0.641. The van der Waals surface area contributed by atoms with Crippen LogP contribution in [0.5, 0.6) is 0 Å². The molecular weight excluding hydrogens is 252 g/mol. The van der Waals surface area contributed by atoms with Gasteiger partial charge in [0.2, 0.25) is 0 Å². The zero-order valence-corrected chi connectivity index (χ0v) is 11.5. The molecule has 0 aliphatic rings. The van der Waals surface area contributed by atoms with Crippen LogP contribution in [0.15, 0.2) is 6.07 Å². The minimum Gasteiger partial charge on any atom is -0.375 e. The predicted octanol–water partition coefficient (Wildman–Crippen LogP) is 2.11. The van der Waals surface area contributed by atoms with E-state index >= 15 is 0 Å². The van der Waals surface area contributed by atoms with Crippen LogP contribution in [0.4, 0.5) is 8.78 Å². The van der Waals surface area contributed by atoms with E-state index in [1.54, 1.807) is 0 Å². The molecule has 0 amide bonds. The molecule has 0 saturated carbocycles. The van der Waals surface area contributed by atoms with Crippen molar-refractivity contribution in [1.82, 2.24) is 15.3 Å². The first-order chi connectivity index (χ1) is 9.11. The van der Waals surface area contributed by atoms with Gasteiger partial charge in [-0.25, -0.2) is 18.7 Å². The van der Waals surface area contributed by atoms with E-state index in [2.05, 4.69) is 22.2 Å². The summed E-state index contributed by atoms with van der Waals surface area (Å²) in [6.45, 7) is 5.32. The minimum atomic E-state index is -2.42. The number of hydrogen-bond donors (Lipinski definition) is 1. The van der Waals surface area contributed by atoms with E-state index in [0.29, 0.717) is 18.8 Å². The lowest BCUT2D eigenvalue weighted by atomic mass is 10.3. The summed E-state index contributed by atoms with van der Waals surface area (Å²) in [7, 11) is 0. The maximum absolute atomic E-state index is 11.9. The highest BCUT2D eigenvalue weighted by molar-refractivity contribution is 5.10. The zero-order chi connectivity index (χ0) is 14.1. The van der Waals surface area contributed by atoms with Crippen LogP contribution in [-0.2, 0) is 17.7 Å². The van der Waals surface area contributed by atoms with Crippen molar-refractivity contribution in [3.8, 4) is 0 Å². The van der Waals surface area contributed by atoms with Gasteiger partial charge in [0.15, 0.2) is 0 Å². The molecule has 0 aliphatic heterocycles. The average molecular weight is 273 g/mol. The van der Waals surface area contributed by atoms with Gasteiger partial charge in [0.25, 0.3) is 6.43 Å². The number of aromatic nitrogens is 2. The minimum absolute atomic E-state index is 0.218. The topological polar surface area (TPSA) is 47.0 Å². The van der Waals surface area contributed by atoms with E-state index in [1.165, 1.54) is 0 Å². The second-order valence-corrected chi connectivity index (χ2v) is 4.31. The van der Waals surface area contributed by atoms with Crippen LogP contribution in [0.3, 0.4) is 0 Å². The van der Waals surface area contributed by atoms with Gasteiger partial charge in [0, 0.05) is 18.7 Å². The predicted molar refractivity (Wildman–Crippen MR) is 69.3 cm³/mol. The number of nitrogens with zero attached hydrogens (tertiary/aromatic N) is 2. The Morgan fingerprint density at radius 1 is 1.37 bits per heavy atom. The molecule has 0 aliphatic carbocycles. The van der Waals surface area contributed by atoms with Gasteiger partial charge in [0.05, 0.1) is 12.3 Å². The molecule has 108 valence electrons. The molecule has 0 atom stereocenters. The molecule has 19 heavy (non-hydrogen) atoms. The number of ether oxygens (including phenoxy) is 1. The van der Waals surface area contributed by atoms with Gasteiger partial charge in [-0.2, -0.15) is 0 Å². The van der Waals surface area contributed by atoms with Gasteiger partial charge < -0.3 is 10.1 Å². The van der Waals surface area contributed by atoms with E-state index in [1.807, 2.05) is 13.0 Å². The standard InChI is InChI=1S/C13H21F2N3O/c1-3-5-16-8-11-7-10(2)17-13(18-11)4-6-19-9-12(14)15/h7,12,16H,3-6,8-9H2,1-2H3. The molecule has 6 heteroatoms. The van der Waals surface area contributed by atoms with Crippen molar-refractivity contribution in [1.29, 1.82) is 0 Å². The van der Waals surface area contributed by atoms with Crippen molar-refractivity contribution in [2.45, 2.75) is 39.7 Å². The largest absolute Gasteiger partial charge is 0.375 e. The lowest BCUT2D eigenvalue weighted by Gasteiger charge is -2.07. The lowest BCUT2D eigenvalue weighted by Crippen LogP contribution is -2.16. The highest BCUT2D eigenvalue weighted by atomic mass is 19.3. The summed E-state index contributed by atoms with van der Waals surface area (Å²) in [4.78, 5) is 8.65. The number of hydrogen-bond acceptors (Lipinski definition) is 4. The third kappa shape index (κ3) is 7.12. The average Bonchev–Trinajstić information content (AvgIpc) is 2.34. The van der Waals surface area contributed by atoms with Crippen molar-refractivity contribution in [3.63, 3.8) is 0 Å². The van der Waals surface area contributed by atoms with Gasteiger partial charge in [-0.15, -0.1) is 0 Å². The number of nitrogens with one attached hydrogen (secondary N) is 1. The Hall–Kier alpha value is -1.14. The highest BCUT2D eigenvalue weighted by Gasteiger charge is 2.05. The second kappa shape index (κ2) is 8.87. The first-order valence-electron chi connectivity index (χ1n) is 6.52. The molecule has 0 radical (unpaired) electrons. The molecule has 1 aromatic heterocycles. The van der Waals surface area contributed by atoms with Crippen LogP contribution < -0.4 is 5.32 Å². The van der Waals surface area contributed by atoms with Crippen LogP contribution in [0.1, 0.15) is 30.6 Å². The first kappa shape index (κ1) is 15.9. The van der Waals surface area contributed by atoms with Crippen LogP contribution in [0, 0.1) is 6.92 Å². The van der Waals surface area contributed by atoms with Gasteiger partial charge in [-0.05, 0) is 26.0 Å². The van der Waals surface area contributed by atoms with Crippen LogP contribution in [0.25, 0.3) is 0 Å². The Morgan fingerprint density at radius 3 is 2.84 bits per heavy atom. The fourth-order valence-corrected chi connectivity index (χ4v) is 1.63. The number of halogens is 2. The van der Waals surface area contributed by atoms with Crippen molar-refractivity contribution in [3.05, 3.63) is 23.3 Å². The fraction of sp³-hybridized carbons (Fsp3) is 0.692. The Kier molecular flexibility index (Phi) is 7.43. The quantitative estimate of drug-likeness (QED) is 0.700. The molecule has 0 spiro atoms. The summed E-state index contributed by atoms with van der Waals surface area (Å²) in [6, 6.07) is 1.92. The number of aryl methyl sites for hydroxylation is 1. The Balaban J connectivity index is 2.44. The first-order valence-corrected chi connectivity index (χ1v) is 6.52. The summed E-state index contributed by atoms with van der Waals surface area (Å²) < 4.78 is 28.6. The van der Waals surface area contributed by atoms with Gasteiger partial charge in [-0.3, -0.25) is 0 Å². The van der Waals surface area contributed by atoms with E-state index in [9.17, 15) is 8.78 Å². The Labute approximate surface area is 112 Å². The molecule has 1 heterocycles. The summed E-state index contributed by atoms with van der Waals surface area (Å²) >= 11 is 0. The van der Waals surface area contributed by atoms with Crippen LogP contribution in [-0.4, -0.2) is 36.2 Å². The summed E-state index contributed by atoms with van der Waals surface area (Å²) in [5.41, 5.74) is 1.80. The molecule has 0 unspecified atom stereocenters. The number of alkyl halides is 2. The molecule has 1 rings (SSSR count). The molecule has 0 bridgehead atoms. The third-order valence-electron chi connectivity index (χ3n) is 2.40. The van der Waals surface area contributed by atoms with Crippen molar-refractivity contribution in [2.75, 3.05) is 19.8 Å². The maximum atomic E-state index is 11.9. The van der Waals surface area contributed by atoms with Crippen LogP contribution >= 0.6 is 0 Å². The van der Waals surface area contributed by atoms with E-state index in [4.69, 9.17) is 4.74 Å². The SMILES string of the molecule is CCCNCc1cc(C)nc(CCOCC(F)F)n1. The molecule has 1 N–H and O–H groups in total. The number of rotatable bonds is 9. The van der Waals surface area contributed by atoms with Gasteiger partial charge in [-0.1, -0.05) is 6.92 Å². The second-order valence-electron chi connectivity index (χ2n) is 4.31. The fourth-order valence-electron chi connectivity index (χ4n) is 1.63. The van der Waals surface area contributed by atoms with Crippen molar-refractivity contribution < 1.29 is 13.5 Å². The summed E-state index contributed by atoms with van der Waals surface area (Å²) in [6.07, 6.45) is -0.902. The van der Waals surface area contributed by atoms with Crippen molar-refractivity contribution in [2.24, 2.45) is 0 Å². The van der Waals surface area contributed by atoms with E-state index in [-0.39, 0.29) is 6.61 Å². The molecule has 0 aromatic carbocycles. The molecular formula is C13H21F2N3O.